The zero-order chi connectivity index (χ0) is 18.4. The Kier molecular flexibility index (Phi) is 4.79. The second-order valence-corrected chi connectivity index (χ2v) is 9.23. The fourth-order valence-corrected chi connectivity index (χ4v) is 5.90. The van der Waals surface area contributed by atoms with Crippen molar-refractivity contribution in [2.45, 2.75) is 72.8 Å². The van der Waals surface area contributed by atoms with Crippen LogP contribution in [0.3, 0.4) is 0 Å². The van der Waals surface area contributed by atoms with E-state index in [-0.39, 0.29) is 5.41 Å². The van der Waals surface area contributed by atoms with Gasteiger partial charge in [0.1, 0.15) is 11.9 Å². The molecule has 2 aliphatic carbocycles. The van der Waals surface area contributed by atoms with Crippen LogP contribution >= 0.6 is 0 Å². The zero-order valence-electron chi connectivity index (χ0n) is 16.8. The molecule has 1 aromatic carbocycles. The number of benzene rings is 1. The molecular weight excluding hydrogens is 308 g/mol. The van der Waals surface area contributed by atoms with Crippen molar-refractivity contribution >= 4 is 0 Å². The molecule has 1 N–H and O–H groups in total. The monoisotopic (exact) mass is 342 g/mol. The second-order valence-electron chi connectivity index (χ2n) is 9.23. The standard InChI is InChI=1S/C23H34O2/c1-15-12-17(14-18(13-15)25-6)21(24)20-16(2)8-9-19-22(3,4)10-7-11-23(19,20)5/h12-14,19,21,24H,7-11H2,1-6H3/t19-,21?,23-/m0/s1. The van der Waals surface area contributed by atoms with Gasteiger partial charge in [0.2, 0.25) is 0 Å². The highest BCUT2D eigenvalue weighted by Gasteiger charge is 2.51. The van der Waals surface area contributed by atoms with Crippen LogP contribution in [0.5, 0.6) is 5.75 Å². The molecule has 2 heteroatoms. The van der Waals surface area contributed by atoms with E-state index in [2.05, 4.69) is 40.7 Å². The molecule has 0 amide bonds. The fraction of sp³-hybridized carbons (Fsp3) is 0.652. The highest BCUT2D eigenvalue weighted by molar-refractivity contribution is 5.41. The maximum absolute atomic E-state index is 11.4. The first-order valence-electron chi connectivity index (χ1n) is 9.73. The minimum absolute atomic E-state index is 0.0977. The van der Waals surface area contributed by atoms with E-state index in [9.17, 15) is 5.11 Å². The molecule has 1 fully saturated rings. The number of aliphatic hydroxyl groups is 1. The first kappa shape index (κ1) is 18.5. The normalized spacial score (nSPS) is 30.0. The first-order valence-corrected chi connectivity index (χ1v) is 9.73. The van der Waals surface area contributed by atoms with Gasteiger partial charge in [0, 0.05) is 0 Å². The Balaban J connectivity index is 2.06. The van der Waals surface area contributed by atoms with Crippen molar-refractivity contribution in [1.29, 1.82) is 0 Å². The van der Waals surface area contributed by atoms with E-state index in [1.165, 1.54) is 36.8 Å². The summed E-state index contributed by atoms with van der Waals surface area (Å²) in [4.78, 5) is 0. The average molecular weight is 343 g/mol. The molecule has 25 heavy (non-hydrogen) atoms. The lowest BCUT2D eigenvalue weighted by atomic mass is 9.49. The van der Waals surface area contributed by atoms with E-state index in [0.29, 0.717) is 11.3 Å². The van der Waals surface area contributed by atoms with Crippen molar-refractivity contribution in [3.63, 3.8) is 0 Å². The van der Waals surface area contributed by atoms with Crippen molar-refractivity contribution < 1.29 is 9.84 Å². The highest BCUT2D eigenvalue weighted by Crippen LogP contribution is 2.61. The van der Waals surface area contributed by atoms with Crippen LogP contribution in [0.15, 0.2) is 29.3 Å². The topological polar surface area (TPSA) is 29.5 Å². The number of aryl methyl sites for hydroxylation is 1. The van der Waals surface area contributed by atoms with Gasteiger partial charge in [-0.1, -0.05) is 38.8 Å². The van der Waals surface area contributed by atoms with Crippen LogP contribution in [-0.4, -0.2) is 12.2 Å². The Morgan fingerprint density at radius 1 is 1.12 bits per heavy atom. The van der Waals surface area contributed by atoms with E-state index in [1.54, 1.807) is 7.11 Å². The van der Waals surface area contributed by atoms with E-state index in [4.69, 9.17) is 4.74 Å². The largest absolute Gasteiger partial charge is 0.497 e. The van der Waals surface area contributed by atoms with Gasteiger partial charge in [-0.3, -0.25) is 0 Å². The smallest absolute Gasteiger partial charge is 0.119 e. The molecule has 0 bridgehead atoms. The Morgan fingerprint density at radius 2 is 1.84 bits per heavy atom. The summed E-state index contributed by atoms with van der Waals surface area (Å²) in [6, 6.07) is 6.12. The minimum Gasteiger partial charge on any atom is -0.497 e. The molecule has 138 valence electrons. The van der Waals surface area contributed by atoms with Crippen LogP contribution < -0.4 is 4.74 Å². The quantitative estimate of drug-likeness (QED) is 0.685. The number of hydrogen-bond acceptors (Lipinski definition) is 2. The van der Waals surface area contributed by atoms with Gasteiger partial charge in [-0.2, -0.15) is 0 Å². The van der Waals surface area contributed by atoms with Crippen molar-refractivity contribution in [2.75, 3.05) is 7.11 Å². The van der Waals surface area contributed by atoms with E-state index in [0.717, 1.165) is 23.3 Å². The average Bonchev–Trinajstić information content (AvgIpc) is 2.52. The maximum Gasteiger partial charge on any atom is 0.119 e. The van der Waals surface area contributed by atoms with Crippen LogP contribution in [0.25, 0.3) is 0 Å². The lowest BCUT2D eigenvalue weighted by Crippen LogP contribution is -2.46. The second kappa shape index (κ2) is 6.46. The molecule has 1 unspecified atom stereocenters. The predicted molar refractivity (Wildman–Crippen MR) is 104 cm³/mol. The maximum atomic E-state index is 11.4. The van der Waals surface area contributed by atoms with Gasteiger partial charge in [-0.15, -0.1) is 0 Å². The Bertz CT molecular complexity index is 685. The summed E-state index contributed by atoms with van der Waals surface area (Å²) in [5, 5.41) is 11.4. The number of allylic oxidation sites excluding steroid dienone is 1. The summed E-state index contributed by atoms with van der Waals surface area (Å²) in [5.41, 5.74) is 5.22. The predicted octanol–water partition coefficient (Wildman–Crippen LogP) is 5.98. The van der Waals surface area contributed by atoms with E-state index >= 15 is 0 Å². The molecule has 0 aliphatic heterocycles. The van der Waals surface area contributed by atoms with Crippen LogP contribution in [-0.2, 0) is 0 Å². The van der Waals surface area contributed by atoms with Gasteiger partial charge in [0.05, 0.1) is 7.11 Å². The number of fused-ring (bicyclic) bond motifs is 1. The summed E-state index contributed by atoms with van der Waals surface area (Å²) in [6.45, 7) is 11.6. The van der Waals surface area contributed by atoms with Gasteiger partial charge in [0.15, 0.2) is 0 Å². The summed E-state index contributed by atoms with van der Waals surface area (Å²) in [6.07, 6.45) is 5.57. The fourth-order valence-electron chi connectivity index (χ4n) is 5.90. The van der Waals surface area contributed by atoms with Crippen LogP contribution in [0.4, 0.5) is 0 Å². The molecular formula is C23H34O2. The van der Waals surface area contributed by atoms with Gasteiger partial charge < -0.3 is 9.84 Å². The number of aliphatic hydroxyl groups excluding tert-OH is 1. The summed E-state index contributed by atoms with van der Waals surface area (Å²) in [7, 11) is 1.69. The Morgan fingerprint density at radius 3 is 2.52 bits per heavy atom. The lowest BCUT2D eigenvalue weighted by molar-refractivity contribution is -0.00434. The summed E-state index contributed by atoms with van der Waals surface area (Å²) in [5.74, 6) is 1.47. The SMILES string of the molecule is COc1cc(C)cc(C(O)C2=C(C)CC[C@H]3C(C)(C)CCC[C@]23C)c1. The molecule has 0 saturated heterocycles. The molecule has 0 radical (unpaired) electrons. The van der Waals surface area contributed by atoms with Crippen molar-refractivity contribution in [3.05, 3.63) is 40.5 Å². The first-order chi connectivity index (χ1) is 11.7. The number of methoxy groups -OCH3 is 1. The van der Waals surface area contributed by atoms with Gasteiger partial charge in [0.25, 0.3) is 0 Å². The highest BCUT2D eigenvalue weighted by atomic mass is 16.5. The van der Waals surface area contributed by atoms with Gasteiger partial charge in [-0.25, -0.2) is 0 Å². The molecule has 0 aromatic heterocycles. The number of hydrogen-bond donors (Lipinski definition) is 1. The summed E-state index contributed by atoms with van der Waals surface area (Å²) < 4.78 is 5.44. The van der Waals surface area contributed by atoms with Gasteiger partial charge in [-0.05, 0) is 85.1 Å². The molecule has 3 atom stereocenters. The molecule has 2 aliphatic rings. The van der Waals surface area contributed by atoms with Gasteiger partial charge >= 0.3 is 0 Å². The zero-order valence-corrected chi connectivity index (χ0v) is 16.8. The molecule has 3 rings (SSSR count). The molecule has 0 spiro atoms. The third-order valence-electron chi connectivity index (χ3n) is 7.01. The van der Waals surface area contributed by atoms with Crippen LogP contribution in [0.2, 0.25) is 0 Å². The molecule has 2 nitrogen and oxygen atoms in total. The third-order valence-corrected chi connectivity index (χ3v) is 7.01. The van der Waals surface area contributed by atoms with Crippen LogP contribution in [0.1, 0.15) is 77.0 Å². The minimum atomic E-state index is -0.532. The Labute approximate surface area is 153 Å². The van der Waals surface area contributed by atoms with Crippen molar-refractivity contribution in [3.8, 4) is 5.75 Å². The van der Waals surface area contributed by atoms with Crippen molar-refractivity contribution in [1.82, 2.24) is 0 Å². The lowest BCUT2D eigenvalue weighted by Gasteiger charge is -2.56. The van der Waals surface area contributed by atoms with E-state index in [1.807, 2.05) is 12.1 Å². The van der Waals surface area contributed by atoms with Crippen LogP contribution in [0, 0.1) is 23.7 Å². The third kappa shape index (κ3) is 3.14. The Hall–Kier alpha value is -1.28. The number of ether oxygens (including phenoxy) is 1. The molecule has 0 heterocycles. The van der Waals surface area contributed by atoms with E-state index < -0.39 is 6.10 Å². The van der Waals surface area contributed by atoms with Crippen molar-refractivity contribution in [2.24, 2.45) is 16.7 Å². The molecule has 1 aromatic rings. The molecule has 1 saturated carbocycles. The number of rotatable bonds is 3. The summed E-state index contributed by atoms with van der Waals surface area (Å²) >= 11 is 0.